The first kappa shape index (κ1) is 17.9. The first-order valence-electron chi connectivity index (χ1n) is 7.23. The lowest BCUT2D eigenvalue weighted by atomic mass is 10.1. The molecular weight excluding hydrogens is 328 g/mol. The van der Waals surface area contributed by atoms with Crippen LogP contribution in [0.2, 0.25) is 0 Å². The molecule has 0 unspecified atom stereocenters. The number of aliphatic carboxylic acids is 1. The fraction of sp³-hybridized carbons (Fsp3) is 0.188. The van der Waals surface area contributed by atoms with Crippen LogP contribution in [-0.2, 0) is 15.1 Å². The normalized spacial score (nSPS) is 11.4. The number of para-hydroxylation sites is 1. The minimum absolute atomic E-state index is 0.109. The minimum Gasteiger partial charge on any atom is -0.479 e. The molecule has 9 heteroatoms. The van der Waals surface area contributed by atoms with E-state index < -0.39 is 22.3 Å². The molecule has 9 nitrogen and oxygen atoms in total. The van der Waals surface area contributed by atoms with Gasteiger partial charge in [0.05, 0.1) is 22.4 Å². The van der Waals surface area contributed by atoms with E-state index >= 15 is 0 Å². The Bertz CT molecular complexity index is 854. The van der Waals surface area contributed by atoms with Gasteiger partial charge in [0.1, 0.15) is 0 Å². The van der Waals surface area contributed by atoms with Crippen molar-refractivity contribution in [3.63, 3.8) is 0 Å². The molecule has 2 rings (SSSR count). The van der Waals surface area contributed by atoms with Crippen molar-refractivity contribution in [3.8, 4) is 0 Å². The minimum atomic E-state index is -1.26. The summed E-state index contributed by atoms with van der Waals surface area (Å²) in [6.45, 7) is 2.95. The van der Waals surface area contributed by atoms with Crippen LogP contribution in [0.25, 0.3) is 6.08 Å². The number of nitrogens with one attached hydrogen (secondary N) is 1. The molecule has 0 spiro atoms. The van der Waals surface area contributed by atoms with Crippen LogP contribution in [0.5, 0.6) is 0 Å². The van der Waals surface area contributed by atoms with Crippen LogP contribution in [0, 0.1) is 10.1 Å². The summed E-state index contributed by atoms with van der Waals surface area (Å²) in [6.07, 6.45) is 5.20. The Labute approximate surface area is 142 Å². The van der Waals surface area contributed by atoms with Crippen LogP contribution >= 0.6 is 0 Å². The number of aromatic nitrogens is 2. The van der Waals surface area contributed by atoms with Crippen molar-refractivity contribution in [3.05, 3.63) is 58.4 Å². The highest BCUT2D eigenvalue weighted by Gasteiger charge is 2.30. The van der Waals surface area contributed by atoms with Crippen molar-refractivity contribution in [2.45, 2.75) is 19.4 Å². The number of nitrogens with zero attached hydrogens (tertiary/aromatic N) is 3. The number of carboxylic acids is 1. The topological polar surface area (TPSA) is 127 Å². The third-order valence-corrected chi connectivity index (χ3v) is 3.49. The largest absolute Gasteiger partial charge is 0.479 e. The molecule has 0 saturated carbocycles. The molecule has 1 amide bonds. The van der Waals surface area contributed by atoms with Gasteiger partial charge in [-0.2, -0.15) is 5.10 Å². The van der Waals surface area contributed by atoms with E-state index in [4.69, 9.17) is 5.11 Å². The van der Waals surface area contributed by atoms with Gasteiger partial charge < -0.3 is 10.4 Å². The van der Waals surface area contributed by atoms with Gasteiger partial charge in [0.25, 0.3) is 5.69 Å². The molecule has 0 fully saturated rings. The predicted molar refractivity (Wildman–Crippen MR) is 89.9 cm³/mol. The Morgan fingerprint density at radius 1 is 1.36 bits per heavy atom. The highest BCUT2D eigenvalue weighted by atomic mass is 16.6. The summed E-state index contributed by atoms with van der Waals surface area (Å²) in [7, 11) is 0. The number of rotatable bonds is 6. The number of amides is 1. The summed E-state index contributed by atoms with van der Waals surface area (Å²) in [4.78, 5) is 33.5. The Morgan fingerprint density at radius 3 is 2.68 bits per heavy atom. The number of carbonyl (C=O) groups excluding carboxylic acids is 1. The van der Waals surface area contributed by atoms with Gasteiger partial charge in [0.2, 0.25) is 5.91 Å². The summed E-state index contributed by atoms with van der Waals surface area (Å²) in [5.41, 5.74) is -0.761. The van der Waals surface area contributed by atoms with E-state index in [9.17, 15) is 19.7 Å². The average molecular weight is 344 g/mol. The first-order chi connectivity index (χ1) is 11.7. The molecule has 0 aliphatic carbocycles. The van der Waals surface area contributed by atoms with Crippen molar-refractivity contribution >= 4 is 29.3 Å². The molecule has 0 aliphatic rings. The lowest BCUT2D eigenvalue weighted by Gasteiger charge is -2.19. The number of benzene rings is 1. The highest BCUT2D eigenvalue weighted by molar-refractivity contribution is 6.02. The molecule has 0 radical (unpaired) electrons. The van der Waals surface area contributed by atoms with Gasteiger partial charge in [-0.05, 0) is 26.0 Å². The van der Waals surface area contributed by atoms with Gasteiger partial charge in [-0.1, -0.05) is 12.1 Å². The summed E-state index contributed by atoms with van der Waals surface area (Å²) in [6, 6.07) is 6.03. The third kappa shape index (κ3) is 4.08. The van der Waals surface area contributed by atoms with Crippen LogP contribution in [0.3, 0.4) is 0 Å². The number of hydrogen-bond donors (Lipinski definition) is 2. The molecule has 0 aliphatic heterocycles. The molecule has 1 heterocycles. The lowest BCUT2D eigenvalue weighted by Crippen LogP contribution is -2.35. The Balaban J connectivity index is 2.10. The Hall–Kier alpha value is -3.49. The average Bonchev–Trinajstić information content (AvgIpc) is 3.02. The van der Waals surface area contributed by atoms with Crippen LogP contribution in [0.4, 0.5) is 11.4 Å². The van der Waals surface area contributed by atoms with Crippen molar-refractivity contribution in [1.82, 2.24) is 9.78 Å². The van der Waals surface area contributed by atoms with Gasteiger partial charge in [0, 0.05) is 18.3 Å². The Morgan fingerprint density at radius 2 is 2.04 bits per heavy atom. The number of anilines is 1. The van der Waals surface area contributed by atoms with Gasteiger partial charge >= 0.3 is 5.97 Å². The standard InChI is InChI=1S/C16H16N4O5/c1-16(2,15(22)23)19-10-12(9-17-19)18-14(21)8-7-11-5-3-4-6-13(11)20(24)25/h3-10H,1-2H3,(H,18,21)(H,22,23)/b8-7+. The molecule has 1 aromatic heterocycles. The van der Waals surface area contributed by atoms with Gasteiger partial charge in [-0.3, -0.25) is 19.6 Å². The third-order valence-electron chi connectivity index (χ3n) is 3.49. The maximum absolute atomic E-state index is 11.9. The van der Waals surface area contributed by atoms with E-state index in [1.807, 2.05) is 0 Å². The maximum atomic E-state index is 11.9. The number of nitro benzene ring substituents is 1. The van der Waals surface area contributed by atoms with E-state index in [0.717, 1.165) is 6.08 Å². The number of nitro groups is 1. The monoisotopic (exact) mass is 344 g/mol. The van der Waals surface area contributed by atoms with E-state index in [2.05, 4.69) is 10.4 Å². The van der Waals surface area contributed by atoms with E-state index in [1.165, 1.54) is 55.2 Å². The summed E-state index contributed by atoms with van der Waals surface area (Å²) < 4.78 is 1.22. The van der Waals surface area contributed by atoms with Gasteiger partial charge in [-0.25, -0.2) is 4.79 Å². The van der Waals surface area contributed by atoms with Gasteiger partial charge in [-0.15, -0.1) is 0 Å². The molecule has 0 atom stereocenters. The fourth-order valence-corrected chi connectivity index (χ4v) is 1.94. The van der Waals surface area contributed by atoms with Crippen LogP contribution < -0.4 is 5.32 Å². The quantitative estimate of drug-likeness (QED) is 0.470. The summed E-state index contributed by atoms with van der Waals surface area (Å²) in [5, 5.41) is 26.5. The Kier molecular flexibility index (Phi) is 4.97. The summed E-state index contributed by atoms with van der Waals surface area (Å²) in [5.74, 6) is -1.59. The van der Waals surface area contributed by atoms with Crippen LogP contribution in [0.15, 0.2) is 42.7 Å². The molecule has 2 N–H and O–H groups in total. The smallest absolute Gasteiger partial charge is 0.331 e. The fourth-order valence-electron chi connectivity index (χ4n) is 1.94. The molecule has 25 heavy (non-hydrogen) atoms. The molecular formula is C16H16N4O5. The zero-order valence-corrected chi connectivity index (χ0v) is 13.5. The van der Waals surface area contributed by atoms with Gasteiger partial charge in [0.15, 0.2) is 5.54 Å². The number of hydrogen-bond acceptors (Lipinski definition) is 5. The zero-order valence-electron chi connectivity index (χ0n) is 13.5. The van der Waals surface area contributed by atoms with Crippen molar-refractivity contribution < 1.29 is 19.6 Å². The van der Waals surface area contributed by atoms with Crippen molar-refractivity contribution in [2.75, 3.05) is 5.32 Å². The summed E-state index contributed by atoms with van der Waals surface area (Å²) >= 11 is 0. The molecule has 130 valence electrons. The zero-order chi connectivity index (χ0) is 18.6. The second kappa shape index (κ2) is 6.95. The lowest BCUT2D eigenvalue weighted by molar-refractivity contribution is -0.385. The molecule has 0 saturated heterocycles. The van der Waals surface area contributed by atoms with Crippen LogP contribution in [-0.4, -0.2) is 31.7 Å². The molecule has 2 aromatic rings. The highest BCUT2D eigenvalue weighted by Crippen LogP contribution is 2.19. The number of carboxylic acid groups (broad SMARTS) is 1. The predicted octanol–water partition coefficient (Wildman–Crippen LogP) is 2.26. The second-order valence-corrected chi connectivity index (χ2v) is 5.68. The van der Waals surface area contributed by atoms with Crippen LogP contribution in [0.1, 0.15) is 19.4 Å². The maximum Gasteiger partial charge on any atom is 0.331 e. The van der Waals surface area contributed by atoms with E-state index in [0.29, 0.717) is 11.3 Å². The molecule has 1 aromatic carbocycles. The van der Waals surface area contributed by atoms with E-state index in [-0.39, 0.29) is 5.69 Å². The first-order valence-corrected chi connectivity index (χ1v) is 7.23. The van der Waals surface area contributed by atoms with Crippen molar-refractivity contribution in [2.24, 2.45) is 0 Å². The SMILES string of the molecule is CC(C)(C(=O)O)n1cc(NC(=O)/C=C/c2ccccc2[N+](=O)[O-])cn1. The van der Waals surface area contributed by atoms with E-state index in [1.54, 1.807) is 6.07 Å². The van der Waals surface area contributed by atoms with Crippen molar-refractivity contribution in [1.29, 1.82) is 0 Å². The second-order valence-electron chi connectivity index (χ2n) is 5.68. The number of carbonyl (C=O) groups is 2. The molecule has 0 bridgehead atoms.